The number of carbonyl (C=O) groups excluding carboxylic acids is 1. The Bertz CT molecular complexity index is 1060. The minimum Gasteiger partial charge on any atom is -0.358 e. The number of anilines is 2. The van der Waals surface area contributed by atoms with Crippen LogP contribution in [-0.4, -0.2) is 10.9 Å². The van der Waals surface area contributed by atoms with E-state index in [4.69, 9.17) is 0 Å². The molecule has 0 atom stereocenters. The van der Waals surface area contributed by atoms with Gasteiger partial charge >= 0.3 is 0 Å². The summed E-state index contributed by atoms with van der Waals surface area (Å²) in [6, 6.07) is 17.4. The first-order valence-corrected chi connectivity index (χ1v) is 8.74. The van der Waals surface area contributed by atoms with Gasteiger partial charge < -0.3 is 10.6 Å². The fourth-order valence-corrected chi connectivity index (χ4v) is 2.90. The summed E-state index contributed by atoms with van der Waals surface area (Å²) >= 11 is 0. The average molecular weight is 356 g/mol. The van der Waals surface area contributed by atoms with E-state index >= 15 is 0 Å². The first-order valence-electron chi connectivity index (χ1n) is 8.74. The minimum absolute atomic E-state index is 0.00626. The van der Waals surface area contributed by atoms with Crippen LogP contribution in [0.4, 0.5) is 11.4 Å². The van der Waals surface area contributed by atoms with Crippen molar-refractivity contribution in [3.63, 3.8) is 0 Å². The number of fused-ring (bicyclic) bond motifs is 1. The lowest BCUT2D eigenvalue weighted by atomic mass is 10.1. The Labute approximate surface area is 158 Å². The van der Waals surface area contributed by atoms with Gasteiger partial charge in [0.05, 0.1) is 11.2 Å². The number of hydrogen-bond acceptors (Lipinski definition) is 4. The number of benzene rings is 2. The minimum atomic E-state index is -0.442. The molecule has 5 nitrogen and oxygen atoms in total. The van der Waals surface area contributed by atoms with Crippen LogP contribution in [0.1, 0.15) is 18.1 Å². The van der Waals surface area contributed by atoms with Crippen LogP contribution in [0.2, 0.25) is 0 Å². The molecule has 5 heteroatoms. The maximum Gasteiger partial charge on any atom is 0.267 e. The predicted octanol–water partition coefficient (Wildman–Crippen LogP) is 4.56. The van der Waals surface area contributed by atoms with Crippen LogP contribution in [0.5, 0.6) is 0 Å². The third-order valence-electron chi connectivity index (χ3n) is 4.35. The summed E-state index contributed by atoms with van der Waals surface area (Å²) in [6.07, 6.45) is 3.92. The highest BCUT2D eigenvalue weighted by atomic mass is 16.1. The van der Waals surface area contributed by atoms with Crippen molar-refractivity contribution in [3.05, 3.63) is 77.6 Å². The zero-order valence-corrected chi connectivity index (χ0v) is 15.3. The van der Waals surface area contributed by atoms with Gasteiger partial charge in [-0.3, -0.25) is 9.78 Å². The van der Waals surface area contributed by atoms with E-state index in [0.29, 0.717) is 0 Å². The molecule has 3 rings (SSSR count). The molecule has 1 aromatic heterocycles. The molecule has 1 heterocycles. The molecular formula is C22H20N4O. The summed E-state index contributed by atoms with van der Waals surface area (Å²) in [5.74, 6) is -0.442. The highest BCUT2D eigenvalue weighted by Crippen LogP contribution is 2.23. The summed E-state index contributed by atoms with van der Waals surface area (Å²) < 4.78 is 0. The van der Waals surface area contributed by atoms with E-state index in [9.17, 15) is 10.1 Å². The number of rotatable bonds is 5. The standard InChI is InChI=1S/C22H20N4O/c1-3-16-8-4-7-15(2)20(16)26-22(27)18(13-23)14-25-19-11-5-9-17-10-6-12-24-21(17)19/h4-12,14,25H,3H2,1-2H3,(H,26,27)/b18-14-. The van der Waals surface area contributed by atoms with Gasteiger partial charge in [-0.15, -0.1) is 0 Å². The largest absolute Gasteiger partial charge is 0.358 e. The first kappa shape index (κ1) is 18.2. The van der Waals surface area contributed by atoms with E-state index in [-0.39, 0.29) is 5.57 Å². The molecule has 0 saturated heterocycles. The van der Waals surface area contributed by atoms with E-state index in [2.05, 4.69) is 15.6 Å². The predicted molar refractivity (Wildman–Crippen MR) is 108 cm³/mol. The third kappa shape index (κ3) is 3.96. The highest BCUT2D eigenvalue weighted by Gasteiger charge is 2.13. The molecule has 0 unspecified atom stereocenters. The number of pyridine rings is 1. The number of para-hydroxylation sites is 2. The Hall–Kier alpha value is -3.65. The van der Waals surface area contributed by atoms with Gasteiger partial charge in [0, 0.05) is 23.5 Å². The van der Waals surface area contributed by atoms with E-state index in [1.54, 1.807) is 6.20 Å². The molecule has 27 heavy (non-hydrogen) atoms. The molecule has 2 aromatic carbocycles. The van der Waals surface area contributed by atoms with Gasteiger partial charge in [0.15, 0.2) is 0 Å². The molecule has 3 aromatic rings. The number of nitrogens with zero attached hydrogens (tertiary/aromatic N) is 2. The van der Waals surface area contributed by atoms with Crippen LogP contribution in [0.3, 0.4) is 0 Å². The zero-order valence-electron chi connectivity index (χ0n) is 15.3. The molecule has 0 aliphatic carbocycles. The van der Waals surface area contributed by atoms with E-state index < -0.39 is 5.91 Å². The van der Waals surface area contributed by atoms with Crippen LogP contribution in [0, 0.1) is 18.3 Å². The average Bonchev–Trinajstić information content (AvgIpc) is 2.70. The van der Waals surface area contributed by atoms with Gasteiger partial charge in [-0.1, -0.05) is 43.3 Å². The molecule has 0 bridgehead atoms. The number of hydrogen-bond donors (Lipinski definition) is 2. The van der Waals surface area contributed by atoms with Gasteiger partial charge in [0.25, 0.3) is 5.91 Å². The monoisotopic (exact) mass is 356 g/mol. The fraction of sp³-hybridized carbons (Fsp3) is 0.136. The van der Waals surface area contributed by atoms with Gasteiger partial charge in [-0.2, -0.15) is 5.26 Å². The Kier molecular flexibility index (Phi) is 5.48. The van der Waals surface area contributed by atoms with Gasteiger partial charge in [0.1, 0.15) is 11.6 Å². The SMILES string of the molecule is CCc1cccc(C)c1NC(=O)/C(C#N)=C\Nc1cccc2cccnc12. The topological polar surface area (TPSA) is 77.8 Å². The Morgan fingerprint density at radius 3 is 2.74 bits per heavy atom. The number of aromatic nitrogens is 1. The van der Waals surface area contributed by atoms with Crippen molar-refractivity contribution in [3.8, 4) is 6.07 Å². The second-order valence-corrected chi connectivity index (χ2v) is 6.11. The quantitative estimate of drug-likeness (QED) is 0.519. The van der Waals surface area contributed by atoms with Gasteiger partial charge in [-0.25, -0.2) is 0 Å². The summed E-state index contributed by atoms with van der Waals surface area (Å²) in [5.41, 5.74) is 4.27. The van der Waals surface area contributed by atoms with Crippen LogP contribution in [0.15, 0.2) is 66.5 Å². The summed E-state index contributed by atoms with van der Waals surface area (Å²) in [5, 5.41) is 16.3. The van der Waals surface area contributed by atoms with Gasteiger partial charge in [0.2, 0.25) is 0 Å². The summed E-state index contributed by atoms with van der Waals surface area (Å²) in [7, 11) is 0. The lowest BCUT2D eigenvalue weighted by molar-refractivity contribution is -0.112. The zero-order chi connectivity index (χ0) is 19.2. The number of nitriles is 1. The van der Waals surface area contributed by atoms with Crippen molar-refractivity contribution >= 4 is 28.2 Å². The van der Waals surface area contributed by atoms with Crippen LogP contribution >= 0.6 is 0 Å². The van der Waals surface area contributed by atoms with Crippen molar-refractivity contribution < 1.29 is 4.79 Å². The molecular weight excluding hydrogens is 336 g/mol. The highest BCUT2D eigenvalue weighted by molar-refractivity contribution is 6.07. The van der Waals surface area contributed by atoms with Crippen LogP contribution in [0.25, 0.3) is 10.9 Å². The Morgan fingerprint density at radius 2 is 1.96 bits per heavy atom. The van der Waals surface area contributed by atoms with Crippen molar-refractivity contribution in [2.75, 3.05) is 10.6 Å². The second-order valence-electron chi connectivity index (χ2n) is 6.11. The molecule has 0 aliphatic heterocycles. The summed E-state index contributed by atoms with van der Waals surface area (Å²) in [4.78, 5) is 16.9. The van der Waals surface area contributed by atoms with E-state index in [0.717, 1.165) is 39.8 Å². The maximum absolute atomic E-state index is 12.6. The van der Waals surface area contributed by atoms with Crippen LogP contribution in [-0.2, 0) is 11.2 Å². The normalized spacial score (nSPS) is 11.1. The molecule has 0 saturated carbocycles. The van der Waals surface area contributed by atoms with Crippen molar-refractivity contribution in [1.82, 2.24) is 4.98 Å². The lowest BCUT2D eigenvalue weighted by Gasteiger charge is -2.12. The third-order valence-corrected chi connectivity index (χ3v) is 4.35. The molecule has 0 fully saturated rings. The number of amides is 1. The number of nitrogens with one attached hydrogen (secondary N) is 2. The summed E-state index contributed by atoms with van der Waals surface area (Å²) in [6.45, 7) is 3.96. The van der Waals surface area contributed by atoms with Crippen LogP contribution < -0.4 is 10.6 Å². The molecule has 1 amide bonds. The molecule has 0 radical (unpaired) electrons. The fourth-order valence-electron chi connectivity index (χ4n) is 2.90. The molecule has 0 spiro atoms. The Balaban J connectivity index is 1.85. The molecule has 134 valence electrons. The van der Waals surface area contributed by atoms with Gasteiger partial charge in [-0.05, 0) is 36.6 Å². The number of aryl methyl sites for hydroxylation is 2. The Morgan fingerprint density at radius 1 is 1.19 bits per heavy atom. The van der Waals surface area contributed by atoms with Crippen molar-refractivity contribution in [2.45, 2.75) is 20.3 Å². The molecule has 2 N–H and O–H groups in total. The van der Waals surface area contributed by atoms with E-state index in [1.165, 1.54) is 6.20 Å². The lowest BCUT2D eigenvalue weighted by Crippen LogP contribution is -2.16. The molecule has 0 aliphatic rings. The number of carbonyl (C=O) groups is 1. The van der Waals surface area contributed by atoms with E-state index in [1.807, 2.05) is 68.4 Å². The second kappa shape index (κ2) is 8.15. The van der Waals surface area contributed by atoms with Crippen molar-refractivity contribution in [2.24, 2.45) is 0 Å². The first-order chi connectivity index (χ1) is 13.1. The maximum atomic E-state index is 12.6. The smallest absolute Gasteiger partial charge is 0.267 e. The van der Waals surface area contributed by atoms with Crippen molar-refractivity contribution in [1.29, 1.82) is 5.26 Å².